The van der Waals surface area contributed by atoms with Gasteiger partial charge in [-0.25, -0.2) is 19.5 Å². The second-order valence-corrected chi connectivity index (χ2v) is 8.94. The molecule has 6 atom stereocenters. The van der Waals surface area contributed by atoms with Crippen LogP contribution in [0, 0.1) is 0 Å². The van der Waals surface area contributed by atoms with Crippen LogP contribution in [0.4, 0.5) is 5.82 Å². The maximum atomic E-state index is 13.2. The van der Waals surface area contributed by atoms with Crippen LogP contribution in [0.1, 0.15) is 25.0 Å². The zero-order chi connectivity index (χ0) is 22.3. The van der Waals surface area contributed by atoms with E-state index in [9.17, 15) is 9.67 Å². The van der Waals surface area contributed by atoms with Crippen molar-refractivity contribution >= 4 is 24.8 Å². The Bertz CT molecular complexity index is 1150. The first-order valence-electron chi connectivity index (χ1n) is 10.1. The molecule has 2 aromatic heterocycles. The standard InChI is InChI=1S/C19H22N5O7P/c1-2-12(11-6-4-3-5-7-11)30-32(26)27-8-13-16(31-32)15(25)19(28-13)29-24-10-23-14-17(20)21-9-22-18(14)24/h3-7,9-10,12-13,15-16,19,25H,2,8H2,1H3,(H2,20,21,22)/t12?,13-,15+,16-,19+,32?/m1/s1. The minimum atomic E-state index is -3.95. The molecule has 5 rings (SSSR count). The Morgan fingerprint density at radius 3 is 2.91 bits per heavy atom. The van der Waals surface area contributed by atoms with Gasteiger partial charge in [-0.2, -0.15) is 0 Å². The first-order valence-corrected chi connectivity index (χ1v) is 11.5. The summed E-state index contributed by atoms with van der Waals surface area (Å²) in [4.78, 5) is 17.7. The average Bonchev–Trinajstić information content (AvgIpc) is 3.35. The number of ether oxygens (including phenoxy) is 1. The van der Waals surface area contributed by atoms with Crippen molar-refractivity contribution in [2.75, 3.05) is 12.3 Å². The monoisotopic (exact) mass is 463 g/mol. The molecule has 0 aliphatic carbocycles. The summed E-state index contributed by atoms with van der Waals surface area (Å²) in [5, 5.41) is 10.8. The molecule has 0 spiro atoms. The van der Waals surface area contributed by atoms with E-state index in [1.165, 1.54) is 17.4 Å². The smallest absolute Gasteiger partial charge is 0.384 e. The molecule has 0 saturated carbocycles. The van der Waals surface area contributed by atoms with Gasteiger partial charge >= 0.3 is 7.82 Å². The highest BCUT2D eigenvalue weighted by Crippen LogP contribution is 2.58. The molecule has 4 heterocycles. The Labute approximate surface area is 182 Å². The van der Waals surface area contributed by atoms with Crippen LogP contribution in [0.5, 0.6) is 0 Å². The van der Waals surface area contributed by atoms with Crippen molar-refractivity contribution < 1.29 is 32.8 Å². The molecule has 0 radical (unpaired) electrons. The number of nitrogens with zero attached hydrogens (tertiary/aromatic N) is 4. The lowest BCUT2D eigenvalue weighted by Crippen LogP contribution is -2.41. The summed E-state index contributed by atoms with van der Waals surface area (Å²) in [6.07, 6.45) is -1.42. The van der Waals surface area contributed by atoms with Gasteiger partial charge in [-0.1, -0.05) is 37.3 Å². The third-order valence-corrected chi connectivity index (χ3v) is 6.77. The maximum absolute atomic E-state index is 13.2. The van der Waals surface area contributed by atoms with Gasteiger partial charge in [0.05, 0.1) is 12.7 Å². The molecule has 2 unspecified atom stereocenters. The van der Waals surface area contributed by atoms with Crippen LogP contribution in [-0.2, 0) is 22.9 Å². The summed E-state index contributed by atoms with van der Waals surface area (Å²) in [7, 11) is -3.95. The number of rotatable bonds is 6. The van der Waals surface area contributed by atoms with Crippen molar-refractivity contribution in [3.8, 4) is 0 Å². The van der Waals surface area contributed by atoms with Gasteiger partial charge in [0.2, 0.25) is 5.65 Å². The number of nitrogens with two attached hydrogens (primary N) is 1. The molecule has 170 valence electrons. The third kappa shape index (κ3) is 3.85. The van der Waals surface area contributed by atoms with Crippen molar-refractivity contribution in [3.05, 3.63) is 48.5 Å². The zero-order valence-electron chi connectivity index (χ0n) is 17.1. The van der Waals surface area contributed by atoms with Crippen LogP contribution < -0.4 is 10.6 Å². The summed E-state index contributed by atoms with van der Waals surface area (Å²) in [5.74, 6) is 0.192. The van der Waals surface area contributed by atoms with E-state index in [2.05, 4.69) is 15.0 Å². The lowest BCUT2D eigenvalue weighted by atomic mass is 10.1. The topological polar surface area (TPSA) is 153 Å². The van der Waals surface area contributed by atoms with Gasteiger partial charge in [-0.05, 0) is 12.0 Å². The van der Waals surface area contributed by atoms with Crippen molar-refractivity contribution in [1.29, 1.82) is 0 Å². The summed E-state index contributed by atoms with van der Waals surface area (Å²) in [6.45, 7) is 1.81. The molecule has 0 bridgehead atoms. The predicted octanol–water partition coefficient (Wildman–Crippen LogP) is 1.61. The van der Waals surface area contributed by atoms with Gasteiger partial charge in [-0.3, -0.25) is 13.6 Å². The number of phosphoric ester groups is 1. The van der Waals surface area contributed by atoms with Crippen molar-refractivity contribution in [1.82, 2.24) is 19.7 Å². The van der Waals surface area contributed by atoms with E-state index in [0.29, 0.717) is 17.6 Å². The van der Waals surface area contributed by atoms with E-state index >= 15 is 0 Å². The number of phosphoric acid groups is 1. The fourth-order valence-corrected chi connectivity index (χ4v) is 5.31. The highest BCUT2D eigenvalue weighted by Gasteiger charge is 2.54. The summed E-state index contributed by atoms with van der Waals surface area (Å²) in [5.41, 5.74) is 7.28. The Kier molecular flexibility index (Phi) is 5.58. The normalized spacial score (nSPS) is 30.8. The van der Waals surface area contributed by atoms with Crippen LogP contribution in [-0.4, -0.2) is 56.0 Å². The summed E-state index contributed by atoms with van der Waals surface area (Å²) >= 11 is 0. The number of anilines is 1. The minimum absolute atomic E-state index is 0.0934. The Morgan fingerprint density at radius 1 is 1.31 bits per heavy atom. The third-order valence-electron chi connectivity index (χ3n) is 5.29. The molecule has 2 saturated heterocycles. The molecule has 1 aromatic carbocycles. The van der Waals surface area contributed by atoms with E-state index in [1.807, 2.05) is 37.3 Å². The number of aromatic nitrogens is 4. The summed E-state index contributed by atoms with van der Waals surface area (Å²) in [6, 6.07) is 9.36. The SMILES string of the molecule is CCC(OP1(=O)OC[C@H]2O[C@@H](On3cnc4c(N)ncnc43)[C@@H](O)[C@@H]2O1)c1ccccc1. The Morgan fingerprint density at radius 2 is 2.12 bits per heavy atom. The fourth-order valence-electron chi connectivity index (χ4n) is 3.67. The van der Waals surface area contributed by atoms with Crippen molar-refractivity contribution in [2.45, 2.75) is 44.1 Å². The highest BCUT2D eigenvalue weighted by atomic mass is 31.2. The van der Waals surface area contributed by atoms with Crippen LogP contribution in [0.25, 0.3) is 11.2 Å². The summed E-state index contributed by atoms with van der Waals surface area (Å²) < 4.78 is 36.9. The molecular formula is C19H22N5O7P. The number of aliphatic hydroxyl groups is 1. The van der Waals surface area contributed by atoms with Gasteiger partial charge in [0.1, 0.15) is 31.0 Å². The molecule has 3 N–H and O–H groups in total. The fraction of sp³-hybridized carbons (Fsp3) is 0.421. The molecule has 0 amide bonds. The highest BCUT2D eigenvalue weighted by molar-refractivity contribution is 7.48. The number of nitrogen functional groups attached to an aromatic ring is 1. The van der Waals surface area contributed by atoms with Gasteiger partial charge < -0.3 is 20.4 Å². The first-order chi connectivity index (χ1) is 15.5. The Balaban J connectivity index is 1.30. The predicted molar refractivity (Wildman–Crippen MR) is 110 cm³/mol. The average molecular weight is 463 g/mol. The maximum Gasteiger partial charge on any atom is 0.475 e. The number of fused-ring (bicyclic) bond motifs is 2. The van der Waals surface area contributed by atoms with E-state index in [1.54, 1.807) is 0 Å². The molecule has 3 aromatic rings. The van der Waals surface area contributed by atoms with E-state index in [-0.39, 0.29) is 12.4 Å². The number of benzene rings is 1. The second kappa shape index (κ2) is 8.39. The van der Waals surface area contributed by atoms with Crippen LogP contribution in [0.15, 0.2) is 43.0 Å². The lowest BCUT2D eigenvalue weighted by molar-refractivity contribution is -0.168. The van der Waals surface area contributed by atoms with Crippen LogP contribution in [0.2, 0.25) is 0 Å². The molecule has 32 heavy (non-hydrogen) atoms. The van der Waals surface area contributed by atoms with Crippen molar-refractivity contribution in [2.24, 2.45) is 0 Å². The van der Waals surface area contributed by atoms with Gasteiger partial charge in [0, 0.05) is 0 Å². The van der Waals surface area contributed by atoms with E-state index in [0.717, 1.165) is 5.56 Å². The molecule has 13 heteroatoms. The molecule has 2 fully saturated rings. The van der Waals surface area contributed by atoms with Gasteiger partial charge in [-0.15, -0.1) is 4.73 Å². The van der Waals surface area contributed by atoms with E-state index < -0.39 is 38.5 Å². The zero-order valence-corrected chi connectivity index (χ0v) is 17.9. The number of hydrogen-bond acceptors (Lipinski definition) is 11. The minimum Gasteiger partial charge on any atom is -0.384 e. The van der Waals surface area contributed by atoms with Gasteiger partial charge in [0.25, 0.3) is 6.29 Å². The molecule has 2 aliphatic heterocycles. The second-order valence-electron chi connectivity index (χ2n) is 7.37. The molecule has 12 nitrogen and oxygen atoms in total. The van der Waals surface area contributed by atoms with E-state index in [4.69, 9.17) is 28.9 Å². The molecule has 2 aliphatic rings. The van der Waals surface area contributed by atoms with Crippen molar-refractivity contribution in [3.63, 3.8) is 0 Å². The first kappa shape index (κ1) is 21.3. The number of aliphatic hydroxyl groups excluding tert-OH is 1. The lowest BCUT2D eigenvalue weighted by Gasteiger charge is -2.32. The van der Waals surface area contributed by atoms with Crippen LogP contribution in [0.3, 0.4) is 0 Å². The quantitative estimate of drug-likeness (QED) is 0.513. The number of hydrogen-bond donors (Lipinski definition) is 2. The Hall–Kier alpha value is -2.60. The largest absolute Gasteiger partial charge is 0.475 e. The number of imidazole rings is 1. The molecular weight excluding hydrogens is 441 g/mol. The van der Waals surface area contributed by atoms with Crippen LogP contribution >= 0.6 is 7.82 Å². The van der Waals surface area contributed by atoms with Gasteiger partial charge in [0.15, 0.2) is 11.3 Å².